The third-order valence-corrected chi connectivity index (χ3v) is 4.86. The van der Waals surface area contributed by atoms with Gasteiger partial charge in [-0.1, -0.05) is 86.1 Å². The topological polar surface area (TPSA) is 0 Å². The van der Waals surface area contributed by atoms with Crippen molar-refractivity contribution in [3.63, 3.8) is 0 Å². The zero-order valence-electron chi connectivity index (χ0n) is 14.3. The van der Waals surface area contributed by atoms with E-state index in [9.17, 15) is 0 Å². The van der Waals surface area contributed by atoms with E-state index in [2.05, 4.69) is 68.4 Å². The van der Waals surface area contributed by atoms with Gasteiger partial charge in [0.25, 0.3) is 0 Å². The van der Waals surface area contributed by atoms with Gasteiger partial charge in [-0.3, -0.25) is 0 Å². The Hall–Kier alpha value is -2.12. The summed E-state index contributed by atoms with van der Waals surface area (Å²) in [6.45, 7) is 8.26. The van der Waals surface area contributed by atoms with E-state index in [1.165, 1.54) is 31.3 Å². The molecule has 0 spiro atoms. The van der Waals surface area contributed by atoms with Gasteiger partial charge in [-0.25, -0.2) is 0 Å². The standard InChI is InChI=1S/C13H10S.C7H8.C2H6/c1-9-5-4-7-11-10-6-2-3-8-12(10)14-13(9)11;1-7-5-3-2-4-6-7;1-2/h2-8H,1H3;2-6H,1H3;1-2H3. The van der Waals surface area contributed by atoms with Crippen molar-refractivity contribution in [2.75, 3.05) is 0 Å². The lowest BCUT2D eigenvalue weighted by Gasteiger charge is -1.93. The Labute approximate surface area is 143 Å². The third-order valence-electron chi connectivity index (χ3n) is 3.54. The van der Waals surface area contributed by atoms with Crippen LogP contribution in [0.2, 0.25) is 0 Å². The van der Waals surface area contributed by atoms with Gasteiger partial charge in [-0.05, 0) is 25.5 Å². The highest BCUT2D eigenvalue weighted by atomic mass is 32.1. The number of thiophene rings is 1. The van der Waals surface area contributed by atoms with E-state index in [0.29, 0.717) is 0 Å². The molecule has 0 saturated heterocycles. The molecule has 0 aliphatic heterocycles. The molecule has 1 heteroatoms. The minimum atomic E-state index is 1.32. The van der Waals surface area contributed by atoms with Gasteiger partial charge in [-0.2, -0.15) is 0 Å². The second-order valence-electron chi connectivity index (χ2n) is 5.20. The molecule has 1 aromatic heterocycles. The monoisotopic (exact) mass is 320 g/mol. The molecule has 0 saturated carbocycles. The highest BCUT2D eigenvalue weighted by molar-refractivity contribution is 7.26. The lowest BCUT2D eigenvalue weighted by molar-refractivity contribution is 1.48. The molecule has 0 unspecified atom stereocenters. The summed E-state index contributed by atoms with van der Waals surface area (Å²) in [4.78, 5) is 0. The first-order chi connectivity index (χ1) is 11.3. The fraction of sp³-hybridized carbons (Fsp3) is 0.182. The van der Waals surface area contributed by atoms with Gasteiger partial charge < -0.3 is 0 Å². The Morgan fingerprint density at radius 2 is 1.22 bits per heavy atom. The summed E-state index contributed by atoms with van der Waals surface area (Å²) < 4.78 is 2.81. The van der Waals surface area contributed by atoms with Gasteiger partial charge in [0.05, 0.1) is 0 Å². The summed E-state index contributed by atoms with van der Waals surface area (Å²) in [5.74, 6) is 0. The molecule has 4 aromatic rings. The van der Waals surface area contributed by atoms with Crippen molar-refractivity contribution in [1.82, 2.24) is 0 Å². The Bertz CT molecular complexity index is 857. The van der Waals surface area contributed by atoms with E-state index in [1.807, 2.05) is 43.4 Å². The van der Waals surface area contributed by atoms with Crippen LogP contribution in [0, 0.1) is 13.8 Å². The molecule has 0 fully saturated rings. The van der Waals surface area contributed by atoms with Crippen molar-refractivity contribution in [2.45, 2.75) is 27.7 Å². The quantitative estimate of drug-likeness (QED) is 0.317. The number of fused-ring (bicyclic) bond motifs is 3. The second-order valence-corrected chi connectivity index (χ2v) is 6.26. The molecule has 0 nitrogen and oxygen atoms in total. The van der Waals surface area contributed by atoms with E-state index in [0.717, 1.165) is 0 Å². The van der Waals surface area contributed by atoms with Gasteiger partial charge in [0.2, 0.25) is 0 Å². The van der Waals surface area contributed by atoms with Crippen molar-refractivity contribution in [3.8, 4) is 0 Å². The van der Waals surface area contributed by atoms with E-state index < -0.39 is 0 Å². The molecular weight excluding hydrogens is 296 g/mol. The second kappa shape index (κ2) is 8.50. The molecule has 0 bridgehead atoms. The summed E-state index contributed by atoms with van der Waals surface area (Å²) >= 11 is 1.89. The Balaban J connectivity index is 0.000000181. The average molecular weight is 321 g/mol. The number of benzene rings is 3. The summed E-state index contributed by atoms with van der Waals surface area (Å²) in [6.07, 6.45) is 0. The zero-order valence-corrected chi connectivity index (χ0v) is 15.2. The SMILES string of the molecule is CC.Cc1cccc2c1sc1ccccc12.Cc1ccccc1. The van der Waals surface area contributed by atoms with Crippen LogP contribution >= 0.6 is 11.3 Å². The molecule has 0 aliphatic carbocycles. The van der Waals surface area contributed by atoms with Crippen molar-refractivity contribution >= 4 is 31.5 Å². The fourth-order valence-electron chi connectivity index (χ4n) is 2.42. The van der Waals surface area contributed by atoms with Crippen molar-refractivity contribution in [3.05, 3.63) is 83.9 Å². The maximum Gasteiger partial charge on any atom is 0.0384 e. The highest BCUT2D eigenvalue weighted by Crippen LogP contribution is 2.35. The fourth-order valence-corrected chi connectivity index (χ4v) is 3.59. The molecule has 118 valence electrons. The highest BCUT2D eigenvalue weighted by Gasteiger charge is 2.04. The summed E-state index contributed by atoms with van der Waals surface area (Å²) in [5, 5.41) is 2.78. The average Bonchev–Trinajstić information content (AvgIpc) is 2.98. The van der Waals surface area contributed by atoms with Gasteiger partial charge in [0.1, 0.15) is 0 Å². The molecule has 1 heterocycles. The maximum atomic E-state index is 2.21. The Morgan fingerprint density at radius 1 is 0.609 bits per heavy atom. The van der Waals surface area contributed by atoms with Crippen LogP contribution in [0.4, 0.5) is 0 Å². The molecular formula is C22H24S. The molecule has 0 N–H and O–H groups in total. The Morgan fingerprint density at radius 3 is 1.87 bits per heavy atom. The van der Waals surface area contributed by atoms with Gasteiger partial charge in [0, 0.05) is 20.2 Å². The van der Waals surface area contributed by atoms with Crippen LogP contribution in [0.25, 0.3) is 20.2 Å². The first kappa shape index (κ1) is 17.2. The van der Waals surface area contributed by atoms with E-state index in [4.69, 9.17) is 0 Å². The van der Waals surface area contributed by atoms with Gasteiger partial charge in [0.15, 0.2) is 0 Å². The number of hydrogen-bond donors (Lipinski definition) is 0. The summed E-state index contributed by atoms with van der Waals surface area (Å²) in [6, 6.07) is 25.4. The third kappa shape index (κ3) is 4.20. The zero-order chi connectivity index (χ0) is 16.7. The summed E-state index contributed by atoms with van der Waals surface area (Å²) in [5.41, 5.74) is 2.70. The number of rotatable bonds is 0. The number of hydrogen-bond acceptors (Lipinski definition) is 1. The normalized spacial score (nSPS) is 9.74. The van der Waals surface area contributed by atoms with E-state index in [-0.39, 0.29) is 0 Å². The van der Waals surface area contributed by atoms with Crippen molar-refractivity contribution in [1.29, 1.82) is 0 Å². The van der Waals surface area contributed by atoms with Crippen LogP contribution in [0.5, 0.6) is 0 Å². The Kier molecular flexibility index (Phi) is 6.37. The first-order valence-electron chi connectivity index (χ1n) is 8.14. The molecule has 0 amide bonds. The minimum absolute atomic E-state index is 1.32. The van der Waals surface area contributed by atoms with Gasteiger partial charge >= 0.3 is 0 Å². The molecule has 0 atom stereocenters. The smallest absolute Gasteiger partial charge is 0.0384 e. The van der Waals surface area contributed by atoms with E-state index in [1.54, 1.807) is 0 Å². The van der Waals surface area contributed by atoms with E-state index >= 15 is 0 Å². The molecule has 4 rings (SSSR count). The lowest BCUT2D eigenvalue weighted by Crippen LogP contribution is -1.69. The van der Waals surface area contributed by atoms with Crippen LogP contribution in [-0.2, 0) is 0 Å². The predicted molar refractivity (Wildman–Crippen MR) is 107 cm³/mol. The van der Waals surface area contributed by atoms with Crippen LogP contribution in [0.15, 0.2) is 72.8 Å². The van der Waals surface area contributed by atoms with Crippen LogP contribution < -0.4 is 0 Å². The summed E-state index contributed by atoms with van der Waals surface area (Å²) in [7, 11) is 0. The number of aryl methyl sites for hydroxylation is 2. The van der Waals surface area contributed by atoms with Crippen LogP contribution in [0.3, 0.4) is 0 Å². The maximum absolute atomic E-state index is 2.21. The first-order valence-corrected chi connectivity index (χ1v) is 8.96. The minimum Gasteiger partial charge on any atom is -0.135 e. The molecule has 23 heavy (non-hydrogen) atoms. The van der Waals surface area contributed by atoms with Crippen LogP contribution in [-0.4, -0.2) is 0 Å². The van der Waals surface area contributed by atoms with Gasteiger partial charge in [-0.15, -0.1) is 11.3 Å². The van der Waals surface area contributed by atoms with Crippen molar-refractivity contribution in [2.24, 2.45) is 0 Å². The molecule has 0 aliphatic rings. The molecule has 3 aromatic carbocycles. The van der Waals surface area contributed by atoms with Crippen molar-refractivity contribution < 1.29 is 0 Å². The largest absolute Gasteiger partial charge is 0.135 e. The lowest BCUT2D eigenvalue weighted by atomic mass is 10.1. The molecule has 0 radical (unpaired) electrons. The predicted octanol–water partition coefficient (Wildman–Crippen LogP) is 7.38. The van der Waals surface area contributed by atoms with Crippen LogP contribution in [0.1, 0.15) is 25.0 Å².